The Hall–Kier alpha value is -3.51. The maximum Gasteiger partial charge on any atom is 0.287 e. The number of hydrogen-bond acceptors (Lipinski definition) is 4. The molecular weight excluding hydrogens is 426 g/mol. The second-order valence-corrected chi connectivity index (χ2v) is 7.98. The fourth-order valence-corrected chi connectivity index (χ4v) is 3.74. The smallest absolute Gasteiger partial charge is 0.287 e. The molecule has 0 aliphatic heterocycles. The number of nitrogens with one attached hydrogen (secondary N) is 1. The van der Waals surface area contributed by atoms with Crippen LogP contribution in [0.4, 0.5) is 0 Å². The number of hydrogen-bond donors (Lipinski definition) is 1. The number of amides is 1. The fraction of sp³-hybridized carbons (Fsp3) is 0.200. The Balaban J connectivity index is 1.38. The van der Waals surface area contributed by atoms with Crippen LogP contribution >= 0.6 is 11.6 Å². The molecule has 0 atom stereocenters. The van der Waals surface area contributed by atoms with Crippen molar-refractivity contribution >= 4 is 17.5 Å². The summed E-state index contributed by atoms with van der Waals surface area (Å²) in [4.78, 5) is 12.6. The van der Waals surface area contributed by atoms with Crippen LogP contribution in [0.3, 0.4) is 0 Å². The van der Waals surface area contributed by atoms with Gasteiger partial charge in [-0.25, -0.2) is 4.68 Å². The van der Waals surface area contributed by atoms with Crippen molar-refractivity contribution in [2.24, 2.45) is 0 Å². The zero-order valence-electron chi connectivity index (χ0n) is 18.2. The van der Waals surface area contributed by atoms with Gasteiger partial charge in [0.15, 0.2) is 5.76 Å². The second kappa shape index (κ2) is 9.32. The highest BCUT2D eigenvalue weighted by atomic mass is 35.5. The predicted molar refractivity (Wildman–Crippen MR) is 123 cm³/mol. The fourth-order valence-electron chi connectivity index (χ4n) is 3.51. The maximum absolute atomic E-state index is 12.6. The van der Waals surface area contributed by atoms with Gasteiger partial charge in [0.2, 0.25) is 0 Å². The summed E-state index contributed by atoms with van der Waals surface area (Å²) in [6.07, 6.45) is 0. The number of aromatic nitrogens is 2. The van der Waals surface area contributed by atoms with Crippen molar-refractivity contribution in [3.63, 3.8) is 0 Å². The summed E-state index contributed by atoms with van der Waals surface area (Å²) in [5.41, 5.74) is 4.76. The molecule has 0 bridgehead atoms. The first-order chi connectivity index (χ1) is 15.4. The number of nitrogens with zero attached hydrogens (tertiary/aromatic N) is 2. The molecule has 0 saturated heterocycles. The number of aryl methyl sites for hydroxylation is 2. The van der Waals surface area contributed by atoms with E-state index in [1.165, 1.54) is 0 Å². The van der Waals surface area contributed by atoms with E-state index in [0.717, 1.165) is 34.0 Å². The SMILES string of the molecule is Cc1cc(Cl)ccc1OCc1ccc(C(=O)NCc2c(C)nn(-c3ccccc3)c2C)o1. The number of carbonyl (C=O) groups excluding carboxylic acids is 1. The molecule has 0 unspecified atom stereocenters. The molecule has 32 heavy (non-hydrogen) atoms. The molecule has 0 aliphatic carbocycles. The highest BCUT2D eigenvalue weighted by Gasteiger charge is 2.16. The van der Waals surface area contributed by atoms with Gasteiger partial charge in [0.05, 0.1) is 11.4 Å². The predicted octanol–water partition coefficient (Wildman–Crippen LogP) is 5.55. The first-order valence-electron chi connectivity index (χ1n) is 10.3. The third-order valence-electron chi connectivity index (χ3n) is 5.26. The van der Waals surface area contributed by atoms with Crippen LogP contribution in [0.2, 0.25) is 5.02 Å². The second-order valence-electron chi connectivity index (χ2n) is 7.54. The zero-order chi connectivity index (χ0) is 22.7. The molecular formula is C25H24ClN3O3. The van der Waals surface area contributed by atoms with Crippen molar-refractivity contribution in [1.29, 1.82) is 0 Å². The van der Waals surface area contributed by atoms with E-state index in [1.807, 2.05) is 67.9 Å². The lowest BCUT2D eigenvalue weighted by Gasteiger charge is -2.08. The molecule has 1 amide bonds. The normalized spacial score (nSPS) is 10.9. The van der Waals surface area contributed by atoms with Crippen molar-refractivity contribution in [3.05, 3.63) is 99.7 Å². The average molecular weight is 450 g/mol. The van der Waals surface area contributed by atoms with Crippen molar-refractivity contribution < 1.29 is 13.9 Å². The third kappa shape index (κ3) is 4.70. The first kappa shape index (κ1) is 21.7. The van der Waals surface area contributed by atoms with Gasteiger partial charge in [-0.15, -0.1) is 0 Å². The van der Waals surface area contributed by atoms with Gasteiger partial charge in [-0.2, -0.15) is 5.10 Å². The van der Waals surface area contributed by atoms with Crippen LogP contribution in [0.1, 0.15) is 38.8 Å². The van der Waals surface area contributed by atoms with Crippen molar-refractivity contribution in [2.45, 2.75) is 33.9 Å². The Morgan fingerprint density at radius 2 is 1.88 bits per heavy atom. The molecule has 0 aliphatic rings. The summed E-state index contributed by atoms with van der Waals surface area (Å²) < 4.78 is 13.3. The lowest BCUT2D eigenvalue weighted by atomic mass is 10.2. The number of halogens is 1. The van der Waals surface area contributed by atoms with E-state index < -0.39 is 0 Å². The summed E-state index contributed by atoms with van der Waals surface area (Å²) >= 11 is 5.97. The minimum atomic E-state index is -0.287. The number of carbonyl (C=O) groups is 1. The van der Waals surface area contributed by atoms with Gasteiger partial charge in [-0.05, 0) is 68.8 Å². The lowest BCUT2D eigenvalue weighted by Crippen LogP contribution is -2.23. The number of para-hydroxylation sites is 1. The van der Waals surface area contributed by atoms with Crippen LogP contribution in [0.25, 0.3) is 5.69 Å². The van der Waals surface area contributed by atoms with Crippen LogP contribution in [0, 0.1) is 20.8 Å². The standard InChI is InChI=1S/C25H24ClN3O3/c1-16-13-19(26)9-11-23(16)31-15-21-10-12-24(32-21)25(30)27-14-22-17(2)28-29(18(22)3)20-7-5-4-6-8-20/h4-13H,14-15H2,1-3H3,(H,27,30). The van der Waals surface area contributed by atoms with Crippen LogP contribution in [0.15, 0.2) is 65.1 Å². The molecule has 0 fully saturated rings. The van der Waals surface area contributed by atoms with E-state index in [1.54, 1.807) is 18.2 Å². The maximum atomic E-state index is 12.6. The van der Waals surface area contributed by atoms with E-state index in [0.29, 0.717) is 17.3 Å². The van der Waals surface area contributed by atoms with Gasteiger partial charge in [-0.1, -0.05) is 29.8 Å². The van der Waals surface area contributed by atoms with Crippen molar-refractivity contribution in [2.75, 3.05) is 0 Å². The summed E-state index contributed by atoms with van der Waals surface area (Å²) in [7, 11) is 0. The van der Waals surface area contributed by atoms with E-state index in [4.69, 9.17) is 20.8 Å². The van der Waals surface area contributed by atoms with Crippen LogP contribution < -0.4 is 10.1 Å². The number of benzene rings is 2. The number of rotatable bonds is 7. The van der Waals surface area contributed by atoms with Gasteiger partial charge in [-0.3, -0.25) is 4.79 Å². The highest BCUT2D eigenvalue weighted by Crippen LogP contribution is 2.23. The van der Waals surface area contributed by atoms with Crippen molar-refractivity contribution in [1.82, 2.24) is 15.1 Å². The third-order valence-corrected chi connectivity index (χ3v) is 5.50. The Morgan fingerprint density at radius 3 is 2.62 bits per heavy atom. The van der Waals surface area contributed by atoms with Crippen LogP contribution in [0.5, 0.6) is 5.75 Å². The van der Waals surface area contributed by atoms with E-state index in [9.17, 15) is 4.79 Å². The van der Waals surface area contributed by atoms with Crippen LogP contribution in [-0.2, 0) is 13.2 Å². The Kier molecular flexibility index (Phi) is 6.32. The van der Waals surface area contributed by atoms with Gasteiger partial charge in [0.25, 0.3) is 5.91 Å². The van der Waals surface area contributed by atoms with Crippen molar-refractivity contribution in [3.8, 4) is 11.4 Å². The average Bonchev–Trinajstić information content (AvgIpc) is 3.37. The van der Waals surface area contributed by atoms with Gasteiger partial charge in [0.1, 0.15) is 18.1 Å². The quantitative estimate of drug-likeness (QED) is 0.401. The Bertz CT molecular complexity index is 1240. The summed E-state index contributed by atoms with van der Waals surface area (Å²) in [6.45, 7) is 6.44. The molecule has 0 saturated carbocycles. The van der Waals surface area contributed by atoms with Gasteiger partial charge >= 0.3 is 0 Å². The molecule has 6 nitrogen and oxygen atoms in total. The Labute approximate surface area is 191 Å². The summed E-state index contributed by atoms with van der Waals surface area (Å²) in [5.74, 6) is 1.24. The molecule has 7 heteroatoms. The molecule has 2 heterocycles. The highest BCUT2D eigenvalue weighted by molar-refractivity contribution is 6.30. The molecule has 0 spiro atoms. The van der Waals surface area contributed by atoms with Gasteiger partial charge < -0.3 is 14.5 Å². The van der Waals surface area contributed by atoms with E-state index in [-0.39, 0.29) is 18.3 Å². The molecule has 4 rings (SSSR count). The van der Waals surface area contributed by atoms with E-state index >= 15 is 0 Å². The molecule has 2 aromatic heterocycles. The molecule has 164 valence electrons. The Morgan fingerprint density at radius 1 is 1.09 bits per heavy atom. The zero-order valence-corrected chi connectivity index (χ0v) is 18.9. The summed E-state index contributed by atoms with van der Waals surface area (Å²) in [5, 5.41) is 8.20. The topological polar surface area (TPSA) is 69.3 Å². The molecule has 2 aromatic carbocycles. The molecule has 1 N–H and O–H groups in total. The number of furan rings is 1. The van der Waals surface area contributed by atoms with E-state index in [2.05, 4.69) is 10.4 Å². The summed E-state index contributed by atoms with van der Waals surface area (Å²) in [6, 6.07) is 18.7. The molecule has 4 aromatic rings. The number of ether oxygens (including phenoxy) is 1. The minimum Gasteiger partial charge on any atom is -0.485 e. The lowest BCUT2D eigenvalue weighted by molar-refractivity contribution is 0.0919. The van der Waals surface area contributed by atoms with Crippen LogP contribution in [-0.4, -0.2) is 15.7 Å². The van der Waals surface area contributed by atoms with Gasteiger partial charge in [0, 0.05) is 22.8 Å². The molecule has 0 radical (unpaired) electrons. The largest absolute Gasteiger partial charge is 0.485 e. The first-order valence-corrected chi connectivity index (χ1v) is 10.7. The minimum absolute atomic E-state index is 0.220. The monoisotopic (exact) mass is 449 g/mol.